The molecule has 1 saturated carbocycles. The van der Waals surface area contributed by atoms with E-state index in [1.54, 1.807) is 38.4 Å². The largest absolute Gasteiger partial charge is 0.366 e. The lowest BCUT2D eigenvalue weighted by atomic mass is 10.2. The van der Waals surface area contributed by atoms with E-state index in [0.29, 0.717) is 55.1 Å². The van der Waals surface area contributed by atoms with Crippen molar-refractivity contribution < 1.29 is 14.0 Å². The van der Waals surface area contributed by atoms with Crippen LogP contribution in [0.25, 0.3) is 0 Å². The predicted octanol–water partition coefficient (Wildman–Crippen LogP) is 2.54. The van der Waals surface area contributed by atoms with Gasteiger partial charge in [0.15, 0.2) is 0 Å². The first kappa shape index (κ1) is 28.5. The van der Waals surface area contributed by atoms with E-state index in [4.69, 9.17) is 0 Å². The molecule has 3 rings (SSSR count). The van der Waals surface area contributed by atoms with E-state index in [0.717, 1.165) is 12.8 Å². The first-order valence-corrected chi connectivity index (χ1v) is 12.6. The molecule has 202 valence electrons. The molecule has 2 amide bonds. The minimum absolute atomic E-state index is 0.213. The molecule has 0 spiro atoms. The van der Waals surface area contributed by atoms with Crippen molar-refractivity contribution in [1.29, 1.82) is 0 Å². The van der Waals surface area contributed by atoms with Crippen molar-refractivity contribution in [2.45, 2.75) is 44.7 Å². The minimum Gasteiger partial charge on any atom is -0.366 e. The molecule has 10 nitrogen and oxygen atoms in total. The molecule has 1 aliphatic carbocycles. The van der Waals surface area contributed by atoms with Crippen molar-refractivity contribution in [1.82, 2.24) is 30.1 Å². The van der Waals surface area contributed by atoms with Crippen LogP contribution in [0.15, 0.2) is 36.5 Å². The fourth-order valence-corrected chi connectivity index (χ4v) is 3.20. The summed E-state index contributed by atoms with van der Waals surface area (Å²) in [5, 5.41) is 9.12. The summed E-state index contributed by atoms with van der Waals surface area (Å²) < 4.78 is 13.4. The molecule has 1 atom stereocenters. The van der Waals surface area contributed by atoms with E-state index in [2.05, 4.69) is 42.7 Å². The van der Waals surface area contributed by atoms with Gasteiger partial charge < -0.3 is 25.8 Å². The van der Waals surface area contributed by atoms with Crippen molar-refractivity contribution in [2.24, 2.45) is 0 Å². The normalized spacial score (nSPS) is 13.5. The minimum atomic E-state index is -0.590. The number of rotatable bonds is 12. The molecule has 38 heavy (non-hydrogen) atoms. The molecular formula is C27H35FN8O2. The van der Waals surface area contributed by atoms with Crippen LogP contribution in [0.3, 0.4) is 0 Å². The highest BCUT2D eigenvalue weighted by Crippen LogP contribution is 2.26. The quantitative estimate of drug-likeness (QED) is 0.169. The van der Waals surface area contributed by atoms with Gasteiger partial charge in [-0.1, -0.05) is 24.0 Å². The van der Waals surface area contributed by atoms with Crippen LogP contribution in [-0.4, -0.2) is 82.9 Å². The van der Waals surface area contributed by atoms with Crippen molar-refractivity contribution in [2.75, 3.05) is 44.9 Å². The number of aromatic nitrogens is 3. The van der Waals surface area contributed by atoms with Crippen LogP contribution < -0.4 is 16.0 Å². The van der Waals surface area contributed by atoms with Gasteiger partial charge in [0, 0.05) is 38.7 Å². The van der Waals surface area contributed by atoms with Crippen molar-refractivity contribution in [3.05, 3.63) is 48.1 Å². The SMILES string of the molecule is C[C@@H](C(=O)NCCCC#Cc1cnc(Nc2cccc(F)n2)nc1NC1CC1)N(C)C(=O)/C=C/CN(C)C. The Bertz CT molecular complexity index is 1200. The highest BCUT2D eigenvalue weighted by molar-refractivity contribution is 5.92. The molecule has 0 unspecified atom stereocenters. The number of unbranched alkanes of at least 4 members (excludes halogenated alkanes) is 1. The lowest BCUT2D eigenvalue weighted by molar-refractivity contribution is -0.135. The van der Waals surface area contributed by atoms with Gasteiger partial charge in [-0.2, -0.15) is 9.37 Å². The van der Waals surface area contributed by atoms with E-state index in [9.17, 15) is 14.0 Å². The Morgan fingerprint density at radius 1 is 1.24 bits per heavy atom. The van der Waals surface area contributed by atoms with Gasteiger partial charge in [-0.15, -0.1) is 0 Å². The fourth-order valence-electron chi connectivity index (χ4n) is 3.20. The molecule has 0 radical (unpaired) electrons. The number of halogens is 1. The van der Waals surface area contributed by atoms with E-state index in [-0.39, 0.29) is 11.8 Å². The van der Waals surface area contributed by atoms with E-state index >= 15 is 0 Å². The number of anilines is 3. The van der Waals surface area contributed by atoms with Crippen LogP contribution in [0.2, 0.25) is 0 Å². The molecular weight excluding hydrogens is 487 g/mol. The maximum Gasteiger partial charge on any atom is 0.246 e. The molecule has 2 heterocycles. The van der Waals surface area contributed by atoms with Crippen molar-refractivity contribution in [3.8, 4) is 11.8 Å². The summed E-state index contributed by atoms with van der Waals surface area (Å²) in [6, 6.07) is 4.23. The van der Waals surface area contributed by atoms with E-state index in [1.165, 1.54) is 17.0 Å². The molecule has 0 bridgehead atoms. The van der Waals surface area contributed by atoms with Gasteiger partial charge >= 0.3 is 0 Å². The summed E-state index contributed by atoms with van der Waals surface area (Å²) in [5.74, 6) is 6.41. The lowest BCUT2D eigenvalue weighted by Crippen LogP contribution is -2.45. The zero-order chi connectivity index (χ0) is 27.5. The predicted molar refractivity (Wildman–Crippen MR) is 145 cm³/mol. The number of likely N-dealkylation sites (N-methyl/N-ethyl adjacent to an activating group) is 2. The van der Waals surface area contributed by atoms with Gasteiger partial charge in [0.25, 0.3) is 0 Å². The monoisotopic (exact) mass is 522 g/mol. The number of nitrogens with zero attached hydrogens (tertiary/aromatic N) is 5. The number of amides is 2. The molecule has 0 saturated heterocycles. The van der Waals surface area contributed by atoms with Crippen LogP contribution >= 0.6 is 0 Å². The van der Waals surface area contributed by atoms with Crippen LogP contribution in [0.5, 0.6) is 0 Å². The van der Waals surface area contributed by atoms with Gasteiger partial charge in [0.2, 0.25) is 23.7 Å². The average molecular weight is 523 g/mol. The molecule has 1 aliphatic rings. The lowest BCUT2D eigenvalue weighted by Gasteiger charge is -2.23. The fraction of sp³-hybridized carbons (Fsp3) is 0.444. The zero-order valence-corrected chi connectivity index (χ0v) is 22.3. The maximum absolute atomic E-state index is 13.4. The van der Waals surface area contributed by atoms with Crippen LogP contribution in [-0.2, 0) is 9.59 Å². The van der Waals surface area contributed by atoms with E-state index < -0.39 is 12.0 Å². The summed E-state index contributed by atoms with van der Waals surface area (Å²) in [7, 11) is 5.45. The molecule has 2 aromatic heterocycles. The second-order valence-corrected chi connectivity index (χ2v) is 9.33. The molecule has 3 N–H and O–H groups in total. The summed E-state index contributed by atoms with van der Waals surface area (Å²) in [4.78, 5) is 40.6. The number of pyridine rings is 1. The van der Waals surface area contributed by atoms with Gasteiger partial charge in [-0.25, -0.2) is 9.97 Å². The highest BCUT2D eigenvalue weighted by Gasteiger charge is 2.23. The number of carbonyl (C=O) groups is 2. The molecule has 0 aromatic carbocycles. The first-order valence-electron chi connectivity index (χ1n) is 12.6. The van der Waals surface area contributed by atoms with Crippen molar-refractivity contribution >= 4 is 29.4 Å². The Balaban J connectivity index is 1.48. The third kappa shape index (κ3) is 9.44. The van der Waals surface area contributed by atoms with Gasteiger partial charge in [-0.05, 0) is 52.4 Å². The second-order valence-electron chi connectivity index (χ2n) is 9.33. The summed E-state index contributed by atoms with van der Waals surface area (Å²) >= 11 is 0. The standard InChI is InChI=1S/C27H35FN8O2/c1-19(36(4)24(37)13-9-17-35(2)3)26(38)29-16-7-5-6-10-20-18-30-27(34-25(20)31-21-14-15-21)33-23-12-8-11-22(28)32-23/h8-9,11-13,18-19,21H,5,7,14-17H2,1-4H3,(H,29,38)(H2,30,31,32,33,34)/b13-9+/t19-/m0/s1. The summed E-state index contributed by atoms with van der Waals surface area (Å²) in [6.07, 6.45) is 8.22. The topological polar surface area (TPSA) is 115 Å². The third-order valence-corrected chi connectivity index (χ3v) is 5.70. The Hall–Kier alpha value is -4.04. The molecule has 1 fully saturated rings. The molecule has 2 aromatic rings. The third-order valence-electron chi connectivity index (χ3n) is 5.70. The number of hydrogen-bond acceptors (Lipinski definition) is 8. The highest BCUT2D eigenvalue weighted by atomic mass is 19.1. The van der Waals surface area contributed by atoms with Crippen LogP contribution in [0, 0.1) is 17.8 Å². The number of hydrogen-bond donors (Lipinski definition) is 3. The van der Waals surface area contributed by atoms with Gasteiger partial charge in [0.05, 0.1) is 11.8 Å². The van der Waals surface area contributed by atoms with Gasteiger partial charge in [0.1, 0.15) is 17.7 Å². The van der Waals surface area contributed by atoms with Crippen molar-refractivity contribution in [3.63, 3.8) is 0 Å². The van der Waals surface area contributed by atoms with E-state index in [1.807, 2.05) is 19.0 Å². The summed E-state index contributed by atoms with van der Waals surface area (Å²) in [5.41, 5.74) is 0.662. The van der Waals surface area contributed by atoms with Crippen LogP contribution in [0.4, 0.5) is 22.0 Å². The second kappa shape index (κ2) is 14.0. The molecule has 0 aliphatic heterocycles. The smallest absolute Gasteiger partial charge is 0.246 e. The first-order chi connectivity index (χ1) is 18.2. The zero-order valence-electron chi connectivity index (χ0n) is 22.3. The summed E-state index contributed by atoms with van der Waals surface area (Å²) in [6.45, 7) is 2.80. The number of carbonyl (C=O) groups excluding carboxylic acids is 2. The van der Waals surface area contributed by atoms with Gasteiger partial charge in [-0.3, -0.25) is 9.59 Å². The average Bonchev–Trinajstić information content (AvgIpc) is 3.70. The number of nitrogens with one attached hydrogen (secondary N) is 3. The molecule has 11 heteroatoms. The maximum atomic E-state index is 13.4. The Kier molecular flexibility index (Phi) is 10.5. The Labute approximate surface area is 223 Å². The Morgan fingerprint density at radius 3 is 2.74 bits per heavy atom. The van der Waals surface area contributed by atoms with Crippen LogP contribution in [0.1, 0.15) is 38.2 Å². The Morgan fingerprint density at radius 2 is 2.03 bits per heavy atom.